The number of nitrogens with one attached hydrogen (secondary N) is 2. The highest BCUT2D eigenvalue weighted by molar-refractivity contribution is 6.13. The van der Waals surface area contributed by atoms with E-state index in [0.29, 0.717) is 33.5 Å². The van der Waals surface area contributed by atoms with Gasteiger partial charge in [-0.3, -0.25) is 9.59 Å². The molecule has 3 N–H and O–H groups in total. The lowest BCUT2D eigenvalue weighted by atomic mass is 10.00. The summed E-state index contributed by atoms with van der Waals surface area (Å²) < 4.78 is 1.36. The summed E-state index contributed by atoms with van der Waals surface area (Å²) in [7, 11) is 0. The van der Waals surface area contributed by atoms with Crippen LogP contribution in [0.1, 0.15) is 26.3 Å². The maximum Gasteiger partial charge on any atom is 0.259 e. The molecule has 2 aromatic heterocycles. The number of aromatic hydroxyl groups is 1. The topological polar surface area (TPSA) is 138 Å². The van der Waals surface area contributed by atoms with Crippen LogP contribution in [0.2, 0.25) is 0 Å². The van der Waals surface area contributed by atoms with Gasteiger partial charge in [-0.25, -0.2) is 14.5 Å². The van der Waals surface area contributed by atoms with Gasteiger partial charge < -0.3 is 15.7 Å². The molecule has 0 fully saturated rings. The molecule has 0 radical (unpaired) electrons. The van der Waals surface area contributed by atoms with E-state index in [9.17, 15) is 14.7 Å². The number of hydrogen-bond donors (Lipinski definition) is 3. The lowest BCUT2D eigenvalue weighted by molar-refractivity contribution is 0.101. The number of benzene rings is 4. The summed E-state index contributed by atoms with van der Waals surface area (Å²) in [5, 5.41) is 30.8. The molecule has 6 rings (SSSR count). The van der Waals surface area contributed by atoms with E-state index < -0.39 is 11.7 Å². The van der Waals surface area contributed by atoms with Crippen molar-refractivity contribution < 1.29 is 14.7 Å². The Balaban J connectivity index is 1.46. The number of aromatic nitrogens is 3. The Labute approximate surface area is 257 Å². The van der Waals surface area contributed by atoms with Crippen molar-refractivity contribution in [2.75, 3.05) is 10.6 Å². The fraction of sp³-hybridized carbons (Fsp3) is 0.0294. The van der Waals surface area contributed by atoms with Crippen molar-refractivity contribution in [2.24, 2.45) is 10.2 Å². The monoisotopic (exact) mass is 592 g/mol. The normalized spacial score (nSPS) is 10.9. The lowest BCUT2D eigenvalue weighted by Gasteiger charge is -2.13. The van der Waals surface area contributed by atoms with E-state index in [-0.39, 0.29) is 28.7 Å². The number of azo groups is 1. The minimum Gasteiger partial charge on any atom is -0.505 e. The summed E-state index contributed by atoms with van der Waals surface area (Å²) in [6.07, 6.45) is 2.92. The first-order valence-corrected chi connectivity index (χ1v) is 13.7. The number of carbonyl (C=O) groups excluding carboxylic acids is 2. The van der Waals surface area contributed by atoms with Gasteiger partial charge in [-0.2, -0.15) is 5.10 Å². The Hall–Kier alpha value is -6.67. The van der Waals surface area contributed by atoms with E-state index in [1.807, 2.05) is 37.3 Å². The molecule has 0 saturated heterocycles. The molecule has 11 heteroatoms. The SMILES string of the molecule is [C-]#[N+]c1cnn(-c2ccccn2)c1N=Nc1c(O)c(C(=O)Nc2ccc(C)cc2)cc2cc(C(=O)Nc3ccccc3)ccc12. The number of fused-ring (bicyclic) bond motifs is 1. The van der Waals surface area contributed by atoms with Crippen molar-refractivity contribution >= 4 is 51.2 Å². The summed E-state index contributed by atoms with van der Waals surface area (Å²) >= 11 is 0. The van der Waals surface area contributed by atoms with E-state index in [1.165, 1.54) is 16.9 Å². The average molecular weight is 593 g/mol. The van der Waals surface area contributed by atoms with Crippen molar-refractivity contribution in [3.8, 4) is 11.6 Å². The molecule has 4 aromatic carbocycles. The number of phenols is 1. The number of anilines is 2. The first-order chi connectivity index (χ1) is 21.9. The highest BCUT2D eigenvalue weighted by Crippen LogP contribution is 2.41. The first-order valence-electron chi connectivity index (χ1n) is 13.7. The second kappa shape index (κ2) is 12.3. The van der Waals surface area contributed by atoms with Crippen LogP contribution in [-0.2, 0) is 0 Å². The van der Waals surface area contributed by atoms with Crippen LogP contribution in [-0.4, -0.2) is 31.7 Å². The van der Waals surface area contributed by atoms with E-state index in [2.05, 4.69) is 35.8 Å². The van der Waals surface area contributed by atoms with Gasteiger partial charge >= 0.3 is 0 Å². The third-order valence-corrected chi connectivity index (χ3v) is 6.89. The number of phenolic OH excluding ortho intramolecular Hbond substituents is 1. The van der Waals surface area contributed by atoms with Gasteiger partial charge in [0.15, 0.2) is 17.4 Å². The highest BCUT2D eigenvalue weighted by Gasteiger charge is 2.21. The third-order valence-electron chi connectivity index (χ3n) is 6.89. The molecule has 45 heavy (non-hydrogen) atoms. The molecule has 2 amide bonds. The summed E-state index contributed by atoms with van der Waals surface area (Å²) in [4.78, 5) is 34.3. The molecule has 0 unspecified atom stereocenters. The fourth-order valence-electron chi connectivity index (χ4n) is 4.60. The van der Waals surface area contributed by atoms with Crippen molar-refractivity contribution in [3.63, 3.8) is 0 Å². The molecule has 11 nitrogen and oxygen atoms in total. The van der Waals surface area contributed by atoms with Crippen LogP contribution in [0.15, 0.2) is 120 Å². The van der Waals surface area contributed by atoms with Gasteiger partial charge in [0.2, 0.25) is 0 Å². The van der Waals surface area contributed by atoms with Gasteiger partial charge in [-0.1, -0.05) is 48.0 Å². The maximum absolute atomic E-state index is 13.5. The maximum atomic E-state index is 13.5. The molecule has 218 valence electrons. The van der Waals surface area contributed by atoms with Gasteiger partial charge in [0.1, 0.15) is 5.69 Å². The largest absolute Gasteiger partial charge is 0.505 e. The number of pyridine rings is 1. The van der Waals surface area contributed by atoms with Gasteiger partial charge in [0.25, 0.3) is 17.5 Å². The molecular formula is C34H24N8O3. The summed E-state index contributed by atoms with van der Waals surface area (Å²) in [5.41, 5.74) is 2.51. The number of carbonyl (C=O) groups is 2. The van der Waals surface area contributed by atoms with Crippen LogP contribution in [0.4, 0.5) is 28.6 Å². The minimum absolute atomic E-state index is 0.0266. The molecule has 0 bridgehead atoms. The van der Waals surface area contributed by atoms with E-state index in [0.717, 1.165) is 5.56 Å². The standard InChI is InChI=1S/C34H24N8O3/c1-21-11-14-25(15-12-21)39-34(45)27-19-23-18-22(33(44)38-24-8-4-3-5-9-24)13-16-26(23)30(31(27)43)40-41-32-28(35-2)20-37-42(32)29-10-6-7-17-36-29/h3-20,43H,1H3,(H,38,44)(H,39,45). The molecule has 6 aromatic rings. The van der Waals surface area contributed by atoms with Crippen molar-refractivity contribution in [2.45, 2.75) is 6.92 Å². The highest BCUT2D eigenvalue weighted by atomic mass is 16.3. The van der Waals surface area contributed by atoms with E-state index >= 15 is 0 Å². The molecular weight excluding hydrogens is 568 g/mol. The predicted molar refractivity (Wildman–Crippen MR) is 171 cm³/mol. The van der Waals surface area contributed by atoms with Crippen LogP contribution in [0.5, 0.6) is 5.75 Å². The van der Waals surface area contributed by atoms with E-state index in [4.69, 9.17) is 6.57 Å². The minimum atomic E-state index is -0.589. The average Bonchev–Trinajstić information content (AvgIpc) is 3.48. The van der Waals surface area contributed by atoms with Crippen LogP contribution in [0.3, 0.4) is 0 Å². The number of rotatable bonds is 7. The number of aryl methyl sites for hydroxylation is 1. The number of para-hydroxylation sites is 1. The molecule has 2 heterocycles. The van der Waals surface area contributed by atoms with Gasteiger partial charge in [0.05, 0.1) is 18.3 Å². The Morgan fingerprint density at radius 2 is 1.60 bits per heavy atom. The summed E-state index contributed by atoms with van der Waals surface area (Å²) in [6.45, 7) is 9.51. The van der Waals surface area contributed by atoms with Crippen LogP contribution in [0, 0.1) is 13.5 Å². The van der Waals surface area contributed by atoms with Crippen LogP contribution < -0.4 is 10.6 Å². The molecule has 0 aliphatic carbocycles. The Morgan fingerprint density at radius 1 is 0.867 bits per heavy atom. The quantitative estimate of drug-likeness (QED) is 0.128. The van der Waals surface area contributed by atoms with Crippen molar-refractivity contribution in [1.29, 1.82) is 0 Å². The molecule has 0 aliphatic rings. The Morgan fingerprint density at radius 3 is 2.33 bits per heavy atom. The fourth-order valence-corrected chi connectivity index (χ4v) is 4.60. The van der Waals surface area contributed by atoms with Gasteiger partial charge in [-0.05, 0) is 66.9 Å². The predicted octanol–water partition coefficient (Wildman–Crippen LogP) is 7.91. The number of hydrogen-bond acceptors (Lipinski definition) is 7. The zero-order valence-corrected chi connectivity index (χ0v) is 23.8. The van der Waals surface area contributed by atoms with Gasteiger partial charge in [0, 0.05) is 28.5 Å². The number of amides is 2. The van der Waals surface area contributed by atoms with Crippen molar-refractivity contribution in [1.82, 2.24) is 14.8 Å². The second-order valence-corrected chi connectivity index (χ2v) is 9.96. The summed E-state index contributed by atoms with van der Waals surface area (Å²) in [6, 6.07) is 27.8. The van der Waals surface area contributed by atoms with Crippen molar-refractivity contribution in [3.05, 3.63) is 138 Å². The molecule has 0 aliphatic heterocycles. The van der Waals surface area contributed by atoms with E-state index in [1.54, 1.807) is 66.9 Å². The zero-order chi connectivity index (χ0) is 31.3. The van der Waals surface area contributed by atoms with Gasteiger partial charge in [-0.15, -0.1) is 10.2 Å². The Bertz CT molecular complexity index is 2120. The molecule has 0 atom stereocenters. The smallest absolute Gasteiger partial charge is 0.259 e. The zero-order valence-electron chi connectivity index (χ0n) is 23.8. The van der Waals surface area contributed by atoms with Crippen LogP contribution >= 0.6 is 0 Å². The second-order valence-electron chi connectivity index (χ2n) is 9.96. The summed E-state index contributed by atoms with van der Waals surface area (Å²) in [5.74, 6) is -0.869. The first kappa shape index (κ1) is 28.4. The van der Waals surface area contributed by atoms with Crippen LogP contribution in [0.25, 0.3) is 21.4 Å². The Kier molecular flexibility index (Phi) is 7.77. The molecule has 0 saturated carbocycles. The number of nitrogens with zero attached hydrogens (tertiary/aromatic N) is 6. The molecule has 0 spiro atoms. The third kappa shape index (κ3) is 5.97. The lowest BCUT2D eigenvalue weighted by Crippen LogP contribution is -2.13.